The van der Waals surface area contributed by atoms with Gasteiger partial charge in [-0.05, 0) is 61.3 Å². The van der Waals surface area contributed by atoms with Crippen molar-refractivity contribution in [2.75, 3.05) is 0 Å². The number of carbonyl (C=O) groups excluding carboxylic acids is 2. The molecule has 3 saturated carbocycles. The summed E-state index contributed by atoms with van der Waals surface area (Å²) in [6.07, 6.45) is 12.3. The standard InChI is InChI=1S/C22H26O3/c1-21-8-6-15-14-5-3-13(23)10-12(14)2-4-16(15)20(21)17-11-18(17)22(21)9-7-19(24)25-22/h2,4,15-18,20H,3,5-11H2,1H3/t15?,16?,17?,18?,20?,21-,22-/m0/s1. The Morgan fingerprint density at radius 2 is 2.04 bits per heavy atom. The van der Waals surface area contributed by atoms with Crippen molar-refractivity contribution in [2.24, 2.45) is 35.0 Å². The molecule has 1 spiro atoms. The Kier molecular flexibility index (Phi) is 2.64. The highest BCUT2D eigenvalue weighted by Crippen LogP contribution is 2.77. The molecule has 0 radical (unpaired) electrons. The number of fused-ring (bicyclic) bond motifs is 8. The average Bonchev–Trinajstić information content (AvgIpc) is 3.23. The topological polar surface area (TPSA) is 43.4 Å². The van der Waals surface area contributed by atoms with Crippen LogP contribution in [0.1, 0.15) is 58.3 Å². The molecule has 3 heteroatoms. The summed E-state index contributed by atoms with van der Waals surface area (Å²) in [6, 6.07) is 0. The number of hydrogen-bond donors (Lipinski definition) is 0. The highest BCUT2D eigenvalue weighted by atomic mass is 16.6. The summed E-state index contributed by atoms with van der Waals surface area (Å²) in [7, 11) is 0. The van der Waals surface area contributed by atoms with Gasteiger partial charge < -0.3 is 4.74 Å². The van der Waals surface area contributed by atoms with Crippen LogP contribution in [0.3, 0.4) is 0 Å². The van der Waals surface area contributed by atoms with E-state index in [1.54, 1.807) is 5.57 Å². The molecule has 1 aliphatic heterocycles. The Hall–Kier alpha value is -1.38. The van der Waals surface area contributed by atoms with Gasteiger partial charge in [-0.15, -0.1) is 0 Å². The van der Waals surface area contributed by atoms with Gasteiger partial charge in [0.2, 0.25) is 0 Å². The molecule has 0 aromatic rings. The molecule has 7 atom stereocenters. The van der Waals surface area contributed by atoms with E-state index in [4.69, 9.17) is 4.74 Å². The third-order valence-corrected chi connectivity index (χ3v) is 8.89. The predicted octanol–water partition coefficient (Wildman–Crippen LogP) is 3.98. The van der Waals surface area contributed by atoms with E-state index in [2.05, 4.69) is 19.1 Å². The van der Waals surface area contributed by atoms with Gasteiger partial charge in [0.15, 0.2) is 0 Å². The van der Waals surface area contributed by atoms with Crippen molar-refractivity contribution < 1.29 is 14.3 Å². The van der Waals surface area contributed by atoms with Gasteiger partial charge in [0.1, 0.15) is 11.4 Å². The molecule has 0 aromatic heterocycles. The maximum absolute atomic E-state index is 12.0. The lowest BCUT2D eigenvalue weighted by atomic mass is 9.51. The number of esters is 1. The Morgan fingerprint density at radius 3 is 2.84 bits per heavy atom. The number of ketones is 1. The lowest BCUT2D eigenvalue weighted by Gasteiger charge is -2.54. The second-order valence-electron chi connectivity index (χ2n) is 9.66. The Bertz CT molecular complexity index is 761. The quantitative estimate of drug-likeness (QED) is 0.628. The summed E-state index contributed by atoms with van der Waals surface area (Å²) < 4.78 is 6.12. The zero-order valence-electron chi connectivity index (χ0n) is 14.9. The molecule has 1 saturated heterocycles. The van der Waals surface area contributed by atoms with Crippen molar-refractivity contribution in [3.8, 4) is 0 Å². The van der Waals surface area contributed by atoms with Gasteiger partial charge in [-0.2, -0.15) is 0 Å². The number of carbonyl (C=O) groups is 2. The molecule has 0 bridgehead atoms. The molecule has 0 amide bonds. The van der Waals surface area contributed by atoms with Crippen molar-refractivity contribution in [2.45, 2.75) is 63.9 Å². The smallest absolute Gasteiger partial charge is 0.306 e. The number of ether oxygens (including phenoxy) is 1. The van der Waals surface area contributed by atoms with Gasteiger partial charge in [0.25, 0.3) is 0 Å². The summed E-state index contributed by atoms with van der Waals surface area (Å²) in [5.41, 5.74) is 2.92. The number of allylic oxidation sites excluding steroid dienone is 4. The zero-order chi connectivity index (χ0) is 17.0. The SMILES string of the molecule is C[C@]12CCC3C4=C(C=CC3C1C1CC1[C@@]21CCC(=O)O1)CC(=O)CC4. The predicted molar refractivity (Wildman–Crippen MR) is 92.5 cm³/mol. The van der Waals surface area contributed by atoms with Gasteiger partial charge in [-0.3, -0.25) is 9.59 Å². The first-order valence-electron chi connectivity index (χ1n) is 10.2. The molecule has 25 heavy (non-hydrogen) atoms. The summed E-state index contributed by atoms with van der Waals surface area (Å²) >= 11 is 0. The summed E-state index contributed by atoms with van der Waals surface area (Å²) in [5.74, 6) is 3.70. The lowest BCUT2D eigenvalue weighted by Crippen LogP contribution is -2.53. The van der Waals surface area contributed by atoms with Crippen LogP contribution < -0.4 is 0 Å². The number of Topliss-reactive ketones (excluding diaryl/α,β-unsaturated/α-hetero) is 1. The first kappa shape index (κ1) is 14.8. The molecule has 4 fully saturated rings. The number of rotatable bonds is 0. The second-order valence-corrected chi connectivity index (χ2v) is 9.66. The fraction of sp³-hybridized carbons (Fsp3) is 0.727. The van der Waals surface area contributed by atoms with E-state index < -0.39 is 0 Å². The minimum absolute atomic E-state index is 0.0321. The summed E-state index contributed by atoms with van der Waals surface area (Å²) in [6.45, 7) is 2.43. The van der Waals surface area contributed by atoms with Gasteiger partial charge in [0.05, 0.1) is 0 Å². The van der Waals surface area contributed by atoms with Crippen molar-refractivity contribution >= 4 is 11.8 Å². The van der Waals surface area contributed by atoms with E-state index in [1.807, 2.05) is 0 Å². The normalized spacial score (nSPS) is 52.6. The molecule has 0 N–H and O–H groups in total. The molecule has 5 unspecified atom stereocenters. The molecule has 6 rings (SSSR count). The minimum Gasteiger partial charge on any atom is -0.458 e. The first-order chi connectivity index (χ1) is 12.0. The van der Waals surface area contributed by atoms with Crippen molar-refractivity contribution in [3.63, 3.8) is 0 Å². The van der Waals surface area contributed by atoms with Crippen LogP contribution in [0, 0.1) is 35.0 Å². The molecule has 1 heterocycles. The highest BCUT2D eigenvalue weighted by Gasteiger charge is 2.78. The van der Waals surface area contributed by atoms with Crippen LogP contribution in [0.4, 0.5) is 0 Å². The molecular weight excluding hydrogens is 312 g/mol. The second kappa shape index (κ2) is 4.47. The van der Waals surface area contributed by atoms with E-state index in [0.29, 0.717) is 42.3 Å². The molecule has 3 nitrogen and oxygen atoms in total. The van der Waals surface area contributed by atoms with Crippen LogP contribution in [0.15, 0.2) is 23.3 Å². The molecule has 0 aromatic carbocycles. The van der Waals surface area contributed by atoms with Crippen LogP contribution in [0.5, 0.6) is 0 Å². The van der Waals surface area contributed by atoms with Crippen molar-refractivity contribution in [3.05, 3.63) is 23.3 Å². The summed E-state index contributed by atoms with van der Waals surface area (Å²) in [4.78, 5) is 23.9. The largest absolute Gasteiger partial charge is 0.458 e. The lowest BCUT2D eigenvalue weighted by molar-refractivity contribution is -0.169. The highest BCUT2D eigenvalue weighted by molar-refractivity contribution is 5.83. The van der Waals surface area contributed by atoms with E-state index in [9.17, 15) is 9.59 Å². The Balaban J connectivity index is 1.39. The monoisotopic (exact) mass is 338 g/mol. The van der Waals surface area contributed by atoms with Gasteiger partial charge in [-0.1, -0.05) is 24.6 Å². The molecular formula is C22H26O3. The van der Waals surface area contributed by atoms with E-state index >= 15 is 0 Å². The average molecular weight is 338 g/mol. The van der Waals surface area contributed by atoms with Crippen molar-refractivity contribution in [1.82, 2.24) is 0 Å². The molecule has 5 aliphatic carbocycles. The Labute approximate surface area is 148 Å². The van der Waals surface area contributed by atoms with Crippen LogP contribution in [-0.2, 0) is 14.3 Å². The fourth-order valence-electron chi connectivity index (χ4n) is 7.89. The molecule has 6 aliphatic rings. The van der Waals surface area contributed by atoms with Crippen LogP contribution in [0.2, 0.25) is 0 Å². The third-order valence-electron chi connectivity index (χ3n) is 8.89. The van der Waals surface area contributed by atoms with E-state index in [1.165, 1.54) is 24.8 Å². The van der Waals surface area contributed by atoms with Gasteiger partial charge >= 0.3 is 5.97 Å². The van der Waals surface area contributed by atoms with E-state index in [-0.39, 0.29) is 17.0 Å². The van der Waals surface area contributed by atoms with Crippen LogP contribution in [-0.4, -0.2) is 17.4 Å². The van der Waals surface area contributed by atoms with Gasteiger partial charge in [0, 0.05) is 30.6 Å². The zero-order valence-corrected chi connectivity index (χ0v) is 14.9. The fourth-order valence-corrected chi connectivity index (χ4v) is 7.89. The first-order valence-corrected chi connectivity index (χ1v) is 10.2. The minimum atomic E-state index is -0.157. The maximum Gasteiger partial charge on any atom is 0.306 e. The maximum atomic E-state index is 12.0. The molecule has 132 valence electrons. The summed E-state index contributed by atoms with van der Waals surface area (Å²) in [5, 5.41) is 0. The Morgan fingerprint density at radius 1 is 1.16 bits per heavy atom. The van der Waals surface area contributed by atoms with E-state index in [0.717, 1.165) is 25.2 Å². The van der Waals surface area contributed by atoms with Gasteiger partial charge in [-0.25, -0.2) is 0 Å². The van der Waals surface area contributed by atoms with Crippen LogP contribution in [0.25, 0.3) is 0 Å². The van der Waals surface area contributed by atoms with Crippen LogP contribution >= 0.6 is 0 Å². The third kappa shape index (κ3) is 1.64. The van der Waals surface area contributed by atoms with Crippen molar-refractivity contribution in [1.29, 1.82) is 0 Å². The number of hydrogen-bond acceptors (Lipinski definition) is 3.